The van der Waals surface area contributed by atoms with Crippen LogP contribution in [0, 0.1) is 0 Å². The monoisotopic (exact) mass is 436 g/mol. The first kappa shape index (κ1) is 21.2. The molecule has 1 saturated heterocycles. The van der Waals surface area contributed by atoms with Crippen LogP contribution in [0.1, 0.15) is 47.3 Å². The molecule has 5 nitrogen and oxygen atoms in total. The average molecular weight is 437 g/mol. The van der Waals surface area contributed by atoms with E-state index in [1.807, 2.05) is 54.3 Å². The number of nitrogens with zero attached hydrogens (tertiary/aromatic N) is 2. The van der Waals surface area contributed by atoms with E-state index in [1.165, 1.54) is 0 Å². The summed E-state index contributed by atoms with van der Waals surface area (Å²) in [6.45, 7) is 3.51. The molecule has 0 spiro atoms. The summed E-state index contributed by atoms with van der Waals surface area (Å²) in [5.74, 6) is 1.18. The summed E-state index contributed by atoms with van der Waals surface area (Å²) in [5, 5.41) is 0.697. The average Bonchev–Trinajstić information content (AvgIpc) is 3.29. The van der Waals surface area contributed by atoms with Crippen LogP contribution in [0.2, 0.25) is 5.02 Å². The van der Waals surface area contributed by atoms with Gasteiger partial charge in [-0.25, -0.2) is 0 Å². The molecule has 4 rings (SSSR count). The van der Waals surface area contributed by atoms with Crippen molar-refractivity contribution in [3.05, 3.63) is 88.7 Å². The van der Waals surface area contributed by atoms with Crippen molar-refractivity contribution in [2.45, 2.75) is 32.4 Å². The van der Waals surface area contributed by atoms with Crippen LogP contribution in [0.3, 0.4) is 0 Å². The van der Waals surface area contributed by atoms with Gasteiger partial charge in [0, 0.05) is 35.1 Å². The van der Waals surface area contributed by atoms with Crippen molar-refractivity contribution < 1.29 is 14.3 Å². The fourth-order valence-electron chi connectivity index (χ4n) is 3.88. The summed E-state index contributed by atoms with van der Waals surface area (Å²) in [4.78, 5) is 19.4. The van der Waals surface area contributed by atoms with E-state index in [0.29, 0.717) is 35.3 Å². The standard InChI is InChI=1S/C25H25ClN2O3/c1-2-30-24-15-20(9-12-23(24)31-17-18-5-3-13-27-16-18)25(29)28-14-4-6-22(28)19-7-10-21(26)11-8-19/h3,5,7-13,15-16,22H,2,4,6,14,17H2,1H3. The first-order valence-electron chi connectivity index (χ1n) is 10.5. The lowest BCUT2D eigenvalue weighted by Gasteiger charge is -2.25. The van der Waals surface area contributed by atoms with Gasteiger partial charge in [0.1, 0.15) is 6.61 Å². The molecule has 2 heterocycles. The van der Waals surface area contributed by atoms with E-state index in [4.69, 9.17) is 21.1 Å². The molecule has 1 amide bonds. The highest BCUT2D eigenvalue weighted by atomic mass is 35.5. The van der Waals surface area contributed by atoms with E-state index in [0.717, 1.165) is 30.5 Å². The molecule has 0 radical (unpaired) electrons. The Kier molecular flexibility index (Phi) is 6.73. The third kappa shape index (κ3) is 5.00. The summed E-state index contributed by atoms with van der Waals surface area (Å²) in [7, 11) is 0. The number of amides is 1. The number of rotatable bonds is 7. The molecule has 3 aromatic rings. The van der Waals surface area contributed by atoms with E-state index in [1.54, 1.807) is 24.5 Å². The fourth-order valence-corrected chi connectivity index (χ4v) is 4.01. The van der Waals surface area contributed by atoms with Gasteiger partial charge in [-0.3, -0.25) is 9.78 Å². The maximum absolute atomic E-state index is 13.3. The number of carbonyl (C=O) groups is 1. The van der Waals surface area contributed by atoms with Crippen LogP contribution in [0.15, 0.2) is 67.0 Å². The molecule has 0 saturated carbocycles. The molecule has 1 aliphatic rings. The van der Waals surface area contributed by atoms with Crippen LogP contribution in [0.5, 0.6) is 11.5 Å². The highest BCUT2D eigenvalue weighted by Crippen LogP contribution is 2.35. The van der Waals surface area contributed by atoms with Crippen molar-refractivity contribution in [2.24, 2.45) is 0 Å². The van der Waals surface area contributed by atoms with Crippen molar-refractivity contribution in [1.82, 2.24) is 9.88 Å². The van der Waals surface area contributed by atoms with Crippen LogP contribution in [0.4, 0.5) is 0 Å². The number of aromatic nitrogens is 1. The fraction of sp³-hybridized carbons (Fsp3) is 0.280. The SMILES string of the molecule is CCOc1cc(C(=O)N2CCCC2c2ccc(Cl)cc2)ccc1OCc1cccnc1. The molecule has 1 atom stereocenters. The minimum atomic E-state index is -0.00258. The van der Waals surface area contributed by atoms with Crippen LogP contribution < -0.4 is 9.47 Å². The number of benzene rings is 2. The Hall–Kier alpha value is -3.05. The molecule has 1 fully saturated rings. The predicted octanol–water partition coefficient (Wildman–Crippen LogP) is 5.69. The molecule has 0 bridgehead atoms. The summed E-state index contributed by atoms with van der Waals surface area (Å²) < 4.78 is 11.7. The summed E-state index contributed by atoms with van der Waals surface area (Å²) in [6.07, 6.45) is 5.41. The van der Waals surface area contributed by atoms with Crippen molar-refractivity contribution in [3.63, 3.8) is 0 Å². The van der Waals surface area contributed by atoms with Gasteiger partial charge in [-0.2, -0.15) is 0 Å². The normalized spacial score (nSPS) is 15.7. The first-order valence-corrected chi connectivity index (χ1v) is 10.9. The number of carbonyl (C=O) groups excluding carboxylic acids is 1. The maximum atomic E-state index is 13.3. The third-order valence-electron chi connectivity index (χ3n) is 5.38. The molecular weight excluding hydrogens is 412 g/mol. The van der Waals surface area contributed by atoms with Gasteiger partial charge in [-0.15, -0.1) is 0 Å². The van der Waals surface area contributed by atoms with E-state index in [2.05, 4.69) is 4.98 Å². The van der Waals surface area contributed by atoms with Gasteiger partial charge in [0.2, 0.25) is 0 Å². The third-order valence-corrected chi connectivity index (χ3v) is 5.63. The zero-order valence-electron chi connectivity index (χ0n) is 17.5. The summed E-state index contributed by atoms with van der Waals surface area (Å²) >= 11 is 6.03. The Morgan fingerprint density at radius 2 is 1.97 bits per heavy atom. The van der Waals surface area contributed by atoms with Crippen molar-refractivity contribution >= 4 is 17.5 Å². The minimum absolute atomic E-state index is 0.00258. The second kappa shape index (κ2) is 9.84. The van der Waals surface area contributed by atoms with Crippen LogP contribution in [0.25, 0.3) is 0 Å². The number of pyridine rings is 1. The molecule has 1 aliphatic heterocycles. The smallest absolute Gasteiger partial charge is 0.254 e. The Morgan fingerprint density at radius 1 is 1.13 bits per heavy atom. The van der Waals surface area contributed by atoms with Gasteiger partial charge >= 0.3 is 0 Å². The van der Waals surface area contributed by atoms with Crippen molar-refractivity contribution in [1.29, 1.82) is 0 Å². The van der Waals surface area contributed by atoms with E-state index < -0.39 is 0 Å². The Labute approximate surface area is 187 Å². The van der Waals surface area contributed by atoms with E-state index in [9.17, 15) is 4.79 Å². The van der Waals surface area contributed by atoms with Gasteiger partial charge in [-0.1, -0.05) is 29.8 Å². The number of hydrogen-bond acceptors (Lipinski definition) is 4. The van der Waals surface area contributed by atoms with Gasteiger partial charge in [-0.05, 0) is 61.7 Å². The highest BCUT2D eigenvalue weighted by Gasteiger charge is 2.31. The number of hydrogen-bond donors (Lipinski definition) is 0. The van der Waals surface area contributed by atoms with E-state index in [-0.39, 0.29) is 11.9 Å². The number of likely N-dealkylation sites (tertiary alicyclic amines) is 1. The summed E-state index contributed by atoms with van der Waals surface area (Å²) in [5.41, 5.74) is 2.67. The molecule has 1 aromatic heterocycles. The topological polar surface area (TPSA) is 51.7 Å². The lowest BCUT2D eigenvalue weighted by molar-refractivity contribution is 0.0735. The van der Waals surface area contributed by atoms with Crippen molar-refractivity contribution in [2.75, 3.05) is 13.2 Å². The largest absolute Gasteiger partial charge is 0.490 e. The van der Waals surface area contributed by atoms with Gasteiger partial charge < -0.3 is 14.4 Å². The maximum Gasteiger partial charge on any atom is 0.254 e. The van der Waals surface area contributed by atoms with Gasteiger partial charge in [0.05, 0.1) is 12.6 Å². The lowest BCUT2D eigenvalue weighted by Crippen LogP contribution is -2.30. The number of halogens is 1. The Morgan fingerprint density at radius 3 is 2.71 bits per heavy atom. The van der Waals surface area contributed by atoms with Crippen LogP contribution in [-0.2, 0) is 6.61 Å². The second-order valence-electron chi connectivity index (χ2n) is 7.45. The molecule has 6 heteroatoms. The molecule has 2 aromatic carbocycles. The van der Waals surface area contributed by atoms with Crippen molar-refractivity contribution in [3.8, 4) is 11.5 Å². The Bertz CT molecular complexity index is 1020. The zero-order chi connectivity index (χ0) is 21.6. The molecule has 1 unspecified atom stereocenters. The molecular formula is C25H25ClN2O3. The quantitative estimate of drug-likeness (QED) is 0.477. The van der Waals surface area contributed by atoms with Crippen LogP contribution in [-0.4, -0.2) is 28.9 Å². The second-order valence-corrected chi connectivity index (χ2v) is 7.89. The van der Waals surface area contributed by atoms with Crippen LogP contribution >= 0.6 is 11.6 Å². The zero-order valence-corrected chi connectivity index (χ0v) is 18.2. The molecule has 160 valence electrons. The van der Waals surface area contributed by atoms with Gasteiger partial charge in [0.15, 0.2) is 11.5 Å². The molecule has 0 aliphatic carbocycles. The van der Waals surface area contributed by atoms with Gasteiger partial charge in [0.25, 0.3) is 5.91 Å². The lowest BCUT2D eigenvalue weighted by atomic mass is 10.0. The molecule has 31 heavy (non-hydrogen) atoms. The highest BCUT2D eigenvalue weighted by molar-refractivity contribution is 6.30. The summed E-state index contributed by atoms with van der Waals surface area (Å²) in [6, 6.07) is 17.0. The molecule has 0 N–H and O–H groups in total. The first-order chi connectivity index (χ1) is 15.2. The Balaban J connectivity index is 1.53. The predicted molar refractivity (Wildman–Crippen MR) is 121 cm³/mol. The minimum Gasteiger partial charge on any atom is -0.490 e. The van der Waals surface area contributed by atoms with E-state index >= 15 is 0 Å². The number of ether oxygens (including phenoxy) is 2.